The fourth-order valence-electron chi connectivity index (χ4n) is 3.67. The van der Waals surface area contributed by atoms with Crippen LogP contribution >= 0.6 is 0 Å². The molecule has 1 aliphatic rings. The Hall–Kier alpha value is -3.63. The molecule has 0 bridgehead atoms. The van der Waals surface area contributed by atoms with E-state index >= 15 is 0 Å². The summed E-state index contributed by atoms with van der Waals surface area (Å²) in [5, 5.41) is 16.1. The van der Waals surface area contributed by atoms with E-state index in [4.69, 9.17) is 5.84 Å². The van der Waals surface area contributed by atoms with Gasteiger partial charge in [0.15, 0.2) is 0 Å². The molecule has 5 amide bonds. The fraction of sp³-hybridized carbons (Fsp3) is 0.318. The largest absolute Gasteiger partial charge is 0.753 e. The van der Waals surface area contributed by atoms with Crippen LogP contribution < -0.4 is 21.5 Å². The summed E-state index contributed by atoms with van der Waals surface area (Å²) < 4.78 is 0. The van der Waals surface area contributed by atoms with Crippen LogP contribution in [0.1, 0.15) is 25.0 Å². The first-order valence-corrected chi connectivity index (χ1v) is 10.1. The Labute approximate surface area is 186 Å². The van der Waals surface area contributed by atoms with Crippen molar-refractivity contribution in [3.63, 3.8) is 0 Å². The highest BCUT2D eigenvalue weighted by Crippen LogP contribution is 2.38. The van der Waals surface area contributed by atoms with Crippen LogP contribution in [-0.4, -0.2) is 46.2 Å². The number of hydrazine groups is 1. The Bertz CT molecular complexity index is 1010. The van der Waals surface area contributed by atoms with E-state index in [-0.39, 0.29) is 11.6 Å². The lowest BCUT2D eigenvalue weighted by atomic mass is 9.99. The number of anilines is 2. The number of carbonyl (C=O) groups excluding carboxylic acids is 3. The van der Waals surface area contributed by atoms with Crippen LogP contribution in [0.4, 0.5) is 21.0 Å². The van der Waals surface area contributed by atoms with E-state index in [0.29, 0.717) is 11.4 Å². The average Bonchev–Trinajstić information content (AvgIpc) is 2.95. The number of hydroxylamine groups is 2. The molecule has 0 unspecified atom stereocenters. The van der Waals surface area contributed by atoms with Gasteiger partial charge in [0.25, 0.3) is 5.91 Å². The van der Waals surface area contributed by atoms with Gasteiger partial charge in [-0.15, -0.1) is 0 Å². The molecule has 2 aromatic carbocycles. The van der Waals surface area contributed by atoms with Crippen molar-refractivity contribution in [1.29, 1.82) is 0 Å². The van der Waals surface area contributed by atoms with Crippen molar-refractivity contribution in [3.8, 4) is 0 Å². The van der Waals surface area contributed by atoms with Crippen molar-refractivity contribution in [2.24, 2.45) is 5.84 Å². The molecule has 0 spiro atoms. The molecule has 10 nitrogen and oxygen atoms in total. The van der Waals surface area contributed by atoms with Gasteiger partial charge in [-0.2, -0.15) is 0 Å². The molecular formula is C22H27N6O4-. The molecule has 0 aliphatic carbocycles. The third-order valence-corrected chi connectivity index (χ3v) is 5.51. The van der Waals surface area contributed by atoms with Gasteiger partial charge in [-0.1, -0.05) is 35.4 Å². The lowest BCUT2D eigenvalue weighted by Crippen LogP contribution is -2.58. The summed E-state index contributed by atoms with van der Waals surface area (Å²) in [7, 11) is 0. The Balaban J connectivity index is 1.98. The number of nitrogens with two attached hydrogens (primary N) is 1. The number of nitrogens with one attached hydrogen (secondary N) is 2. The monoisotopic (exact) mass is 439 g/mol. The third kappa shape index (κ3) is 4.36. The molecule has 0 aromatic heterocycles. The average molecular weight is 439 g/mol. The van der Waals surface area contributed by atoms with Gasteiger partial charge in [0.05, 0.1) is 5.54 Å². The van der Waals surface area contributed by atoms with Crippen LogP contribution in [-0.2, 0) is 4.79 Å². The van der Waals surface area contributed by atoms with Crippen molar-refractivity contribution < 1.29 is 14.4 Å². The summed E-state index contributed by atoms with van der Waals surface area (Å²) >= 11 is 0. The molecule has 170 valence electrons. The zero-order valence-electron chi connectivity index (χ0n) is 18.5. The maximum atomic E-state index is 13.3. The number of amides is 5. The molecule has 1 atom stereocenters. The zero-order chi connectivity index (χ0) is 23.6. The van der Waals surface area contributed by atoms with Crippen molar-refractivity contribution in [2.45, 2.75) is 39.4 Å². The van der Waals surface area contributed by atoms with Crippen LogP contribution in [0.15, 0.2) is 48.5 Å². The number of hydrogen-bond acceptors (Lipinski definition) is 5. The van der Waals surface area contributed by atoms with Gasteiger partial charge in [0, 0.05) is 11.4 Å². The number of aryl methyl sites for hydroxylation is 2. The van der Waals surface area contributed by atoms with Crippen molar-refractivity contribution in [2.75, 3.05) is 16.8 Å². The molecule has 1 fully saturated rings. The molecule has 1 aliphatic heterocycles. The van der Waals surface area contributed by atoms with Gasteiger partial charge in [-0.05, 0) is 52.0 Å². The molecule has 1 heterocycles. The summed E-state index contributed by atoms with van der Waals surface area (Å²) in [5.41, 5.74) is 3.63. The summed E-state index contributed by atoms with van der Waals surface area (Å²) in [6.45, 7) is 6.68. The minimum Gasteiger partial charge on any atom is -0.753 e. The number of carbonyl (C=O) groups is 3. The summed E-state index contributed by atoms with van der Waals surface area (Å²) in [6.07, 6.45) is -1.24. The van der Waals surface area contributed by atoms with Crippen LogP contribution in [0.5, 0.6) is 0 Å². The van der Waals surface area contributed by atoms with Gasteiger partial charge in [-0.25, -0.2) is 15.4 Å². The maximum absolute atomic E-state index is 13.3. The van der Waals surface area contributed by atoms with E-state index in [1.807, 2.05) is 19.3 Å². The van der Waals surface area contributed by atoms with Crippen molar-refractivity contribution in [3.05, 3.63) is 64.9 Å². The minimum atomic E-state index is -1.24. The SMILES string of the molecule is Cc1ccc(NC(=O)N([O-])[C@H]2N(c3ccc(C)cc3)C(=O)N(CC(=O)NN)C2(C)C)cc1. The maximum Gasteiger partial charge on any atom is 0.327 e. The molecule has 0 radical (unpaired) electrons. The second kappa shape index (κ2) is 8.85. The normalized spacial score (nSPS) is 17.3. The predicted octanol–water partition coefficient (Wildman–Crippen LogP) is 2.67. The van der Waals surface area contributed by atoms with Gasteiger partial charge < -0.3 is 20.5 Å². The van der Waals surface area contributed by atoms with Gasteiger partial charge in [0.2, 0.25) is 0 Å². The second-order valence-corrected chi connectivity index (χ2v) is 8.29. The summed E-state index contributed by atoms with van der Waals surface area (Å²) in [6, 6.07) is 12.4. The molecule has 10 heteroatoms. The lowest BCUT2D eigenvalue weighted by molar-refractivity contribution is -0.122. The first-order chi connectivity index (χ1) is 15.1. The molecule has 4 N–H and O–H groups in total. The Morgan fingerprint density at radius 3 is 2.12 bits per heavy atom. The van der Waals surface area contributed by atoms with Crippen LogP contribution in [0.3, 0.4) is 0 Å². The van der Waals surface area contributed by atoms with Crippen molar-refractivity contribution in [1.82, 2.24) is 15.4 Å². The van der Waals surface area contributed by atoms with Gasteiger partial charge in [-0.3, -0.25) is 15.1 Å². The van der Waals surface area contributed by atoms with E-state index < -0.39 is 29.7 Å². The number of benzene rings is 2. The highest BCUT2D eigenvalue weighted by molar-refractivity contribution is 6.00. The predicted molar refractivity (Wildman–Crippen MR) is 121 cm³/mol. The van der Waals surface area contributed by atoms with E-state index in [0.717, 1.165) is 11.1 Å². The first kappa shape index (κ1) is 23.0. The summed E-state index contributed by atoms with van der Waals surface area (Å²) in [4.78, 5) is 40.6. The van der Waals surface area contributed by atoms with Crippen LogP contribution in [0, 0.1) is 19.1 Å². The van der Waals surface area contributed by atoms with E-state index in [1.54, 1.807) is 62.4 Å². The Morgan fingerprint density at radius 1 is 1.06 bits per heavy atom. The first-order valence-electron chi connectivity index (χ1n) is 10.1. The zero-order valence-corrected chi connectivity index (χ0v) is 18.5. The smallest absolute Gasteiger partial charge is 0.327 e. The Morgan fingerprint density at radius 2 is 1.59 bits per heavy atom. The molecule has 32 heavy (non-hydrogen) atoms. The number of nitrogens with zero attached hydrogens (tertiary/aromatic N) is 3. The van der Waals surface area contributed by atoms with Gasteiger partial charge in [0.1, 0.15) is 12.7 Å². The van der Waals surface area contributed by atoms with Crippen LogP contribution in [0.2, 0.25) is 0 Å². The molecule has 1 saturated heterocycles. The van der Waals surface area contributed by atoms with Crippen molar-refractivity contribution >= 4 is 29.3 Å². The molecule has 2 aromatic rings. The highest BCUT2D eigenvalue weighted by atomic mass is 16.5. The van der Waals surface area contributed by atoms with Crippen LogP contribution in [0.25, 0.3) is 0 Å². The quantitative estimate of drug-likeness (QED) is 0.374. The number of rotatable bonds is 5. The fourth-order valence-corrected chi connectivity index (χ4v) is 3.67. The minimum absolute atomic E-state index is 0.234. The highest BCUT2D eigenvalue weighted by Gasteiger charge is 2.54. The number of urea groups is 2. The standard InChI is InChI=1S/C22H27N6O4/c1-14-5-9-16(10-6-14)24-20(30)28(32)19-22(3,4)26(13-18(29)25-23)21(31)27(19)17-11-7-15(2)8-12-17/h5-12,19H,13,23H2,1-4H3,(H,24,30)(H,25,29)/q-1/t19-/m1/s1. The molecule has 0 saturated carbocycles. The number of hydrogen-bond donors (Lipinski definition) is 3. The van der Waals surface area contributed by atoms with Gasteiger partial charge >= 0.3 is 12.1 Å². The second-order valence-electron chi connectivity index (χ2n) is 8.29. The van der Waals surface area contributed by atoms with E-state index in [2.05, 4.69) is 5.32 Å². The Kier molecular flexibility index (Phi) is 6.37. The summed E-state index contributed by atoms with van der Waals surface area (Å²) in [5.74, 6) is 4.60. The molecule has 3 rings (SSSR count). The third-order valence-electron chi connectivity index (χ3n) is 5.51. The van der Waals surface area contributed by atoms with E-state index in [9.17, 15) is 19.6 Å². The molecular weight excluding hydrogens is 412 g/mol. The van der Waals surface area contributed by atoms with E-state index in [1.165, 1.54) is 9.80 Å². The lowest BCUT2D eigenvalue weighted by Gasteiger charge is -2.45. The topological polar surface area (TPSA) is 134 Å².